The highest BCUT2D eigenvalue weighted by molar-refractivity contribution is 7.89. The third kappa shape index (κ3) is 3.24. The first-order chi connectivity index (χ1) is 12.0. The summed E-state index contributed by atoms with van der Waals surface area (Å²) in [5, 5.41) is 2.47. The number of fused-ring (bicyclic) bond motifs is 2. The number of pyridine rings is 1. The average molecular weight is 372 g/mol. The molecular formula is C18H14ClN3O2S. The highest BCUT2D eigenvalue weighted by Crippen LogP contribution is 2.19. The van der Waals surface area contributed by atoms with Crippen LogP contribution in [-0.2, 0) is 16.6 Å². The number of nitrogens with zero attached hydrogens (tertiary/aromatic N) is 2. The molecule has 7 heteroatoms. The summed E-state index contributed by atoms with van der Waals surface area (Å²) in [6, 6.07) is 16.2. The lowest BCUT2D eigenvalue weighted by atomic mass is 10.1. The van der Waals surface area contributed by atoms with Crippen LogP contribution < -0.4 is 4.72 Å². The number of halogens is 1. The minimum Gasteiger partial charge on any atom is -0.305 e. The molecule has 5 nitrogen and oxygen atoms in total. The molecule has 0 atom stereocenters. The van der Waals surface area contributed by atoms with Gasteiger partial charge in [-0.15, -0.1) is 0 Å². The zero-order valence-corrected chi connectivity index (χ0v) is 14.6. The molecule has 0 aliphatic carbocycles. The van der Waals surface area contributed by atoms with Gasteiger partial charge >= 0.3 is 0 Å². The molecule has 4 rings (SSSR count). The number of hydrogen-bond donors (Lipinski definition) is 1. The molecule has 0 aliphatic rings. The summed E-state index contributed by atoms with van der Waals surface area (Å²) in [5.74, 6) is 0. The largest absolute Gasteiger partial charge is 0.305 e. The van der Waals surface area contributed by atoms with E-state index >= 15 is 0 Å². The van der Waals surface area contributed by atoms with Crippen molar-refractivity contribution in [2.75, 3.05) is 0 Å². The second-order valence-corrected chi connectivity index (χ2v) is 7.88. The number of imidazole rings is 1. The van der Waals surface area contributed by atoms with Crippen molar-refractivity contribution in [3.63, 3.8) is 0 Å². The molecule has 0 radical (unpaired) electrons. The molecule has 0 spiro atoms. The molecular weight excluding hydrogens is 358 g/mol. The van der Waals surface area contributed by atoms with Crippen molar-refractivity contribution >= 4 is 38.0 Å². The highest BCUT2D eigenvalue weighted by Gasteiger charge is 2.15. The maximum atomic E-state index is 12.6. The number of benzene rings is 2. The Morgan fingerprint density at radius 2 is 1.80 bits per heavy atom. The van der Waals surface area contributed by atoms with Gasteiger partial charge in [0, 0.05) is 12.4 Å². The molecule has 2 aromatic carbocycles. The Kier molecular flexibility index (Phi) is 3.95. The van der Waals surface area contributed by atoms with Gasteiger partial charge in [-0.2, -0.15) is 0 Å². The summed E-state index contributed by atoms with van der Waals surface area (Å²) in [5.41, 5.74) is 1.33. The molecule has 2 aromatic heterocycles. The Labute approximate surface area is 149 Å². The summed E-state index contributed by atoms with van der Waals surface area (Å²) in [7, 11) is -3.62. The van der Waals surface area contributed by atoms with Crippen LogP contribution in [0.1, 0.15) is 5.69 Å². The van der Waals surface area contributed by atoms with Gasteiger partial charge in [-0.05, 0) is 35.0 Å². The summed E-state index contributed by atoms with van der Waals surface area (Å²) < 4.78 is 29.5. The maximum absolute atomic E-state index is 12.6. The van der Waals surface area contributed by atoms with Gasteiger partial charge in [0.15, 0.2) is 0 Å². The highest BCUT2D eigenvalue weighted by atomic mass is 35.5. The van der Waals surface area contributed by atoms with E-state index < -0.39 is 10.0 Å². The summed E-state index contributed by atoms with van der Waals surface area (Å²) in [6.07, 6.45) is 3.48. The molecule has 25 heavy (non-hydrogen) atoms. The fraction of sp³-hybridized carbons (Fsp3) is 0.0556. The summed E-state index contributed by atoms with van der Waals surface area (Å²) in [6.45, 7) is 0.106. The molecule has 0 fully saturated rings. The number of rotatable bonds is 4. The standard InChI is InChI=1S/C18H14ClN3O2S/c19-15-6-8-18-21-16(12-22(18)11-15)10-20-25(23,24)17-7-5-13-3-1-2-4-14(13)9-17/h1-9,11-12,20H,10H2. The van der Waals surface area contributed by atoms with Crippen LogP contribution in [-0.4, -0.2) is 17.8 Å². The van der Waals surface area contributed by atoms with E-state index in [0.29, 0.717) is 16.4 Å². The molecule has 0 bridgehead atoms. The minimum atomic E-state index is -3.62. The van der Waals surface area contributed by atoms with Crippen molar-refractivity contribution in [3.8, 4) is 0 Å². The van der Waals surface area contributed by atoms with Crippen molar-refractivity contribution in [2.24, 2.45) is 0 Å². The first-order valence-electron chi connectivity index (χ1n) is 7.63. The van der Waals surface area contributed by atoms with Crippen molar-refractivity contribution < 1.29 is 8.42 Å². The van der Waals surface area contributed by atoms with Crippen LogP contribution in [0.15, 0.2) is 71.9 Å². The summed E-state index contributed by atoms with van der Waals surface area (Å²) in [4.78, 5) is 4.61. The number of hydrogen-bond acceptors (Lipinski definition) is 3. The molecule has 2 heterocycles. The predicted octanol–water partition coefficient (Wildman–Crippen LogP) is 3.62. The number of sulfonamides is 1. The van der Waals surface area contributed by atoms with Crippen molar-refractivity contribution in [1.82, 2.24) is 14.1 Å². The minimum absolute atomic E-state index is 0.106. The average Bonchev–Trinajstić information content (AvgIpc) is 3.02. The van der Waals surface area contributed by atoms with Crippen molar-refractivity contribution in [3.05, 3.63) is 77.7 Å². The SMILES string of the molecule is O=S(=O)(NCc1cn2cc(Cl)ccc2n1)c1ccc2ccccc2c1. The Hall–Kier alpha value is -2.41. The van der Waals surface area contributed by atoms with E-state index in [9.17, 15) is 8.42 Å². The smallest absolute Gasteiger partial charge is 0.240 e. The molecule has 4 aromatic rings. The van der Waals surface area contributed by atoms with Crippen LogP contribution in [0.25, 0.3) is 16.4 Å². The normalized spacial score (nSPS) is 12.0. The second kappa shape index (κ2) is 6.15. The maximum Gasteiger partial charge on any atom is 0.240 e. The molecule has 0 aliphatic heterocycles. The van der Waals surface area contributed by atoms with Gasteiger partial charge in [-0.3, -0.25) is 0 Å². The van der Waals surface area contributed by atoms with E-state index in [4.69, 9.17) is 11.6 Å². The number of nitrogens with one attached hydrogen (secondary N) is 1. The van der Waals surface area contributed by atoms with Crippen LogP contribution >= 0.6 is 11.6 Å². The summed E-state index contributed by atoms with van der Waals surface area (Å²) >= 11 is 5.95. The Bertz CT molecular complexity index is 1190. The molecule has 126 valence electrons. The Morgan fingerprint density at radius 1 is 1.00 bits per heavy atom. The van der Waals surface area contributed by atoms with Crippen LogP contribution in [0, 0.1) is 0 Å². The quantitative estimate of drug-likeness (QED) is 0.596. The first kappa shape index (κ1) is 16.1. The fourth-order valence-electron chi connectivity index (χ4n) is 2.69. The van der Waals surface area contributed by atoms with Gasteiger partial charge in [0.2, 0.25) is 10.0 Å². The topological polar surface area (TPSA) is 63.5 Å². The zero-order chi connectivity index (χ0) is 17.4. The molecule has 0 unspecified atom stereocenters. The van der Waals surface area contributed by atoms with Crippen molar-refractivity contribution in [1.29, 1.82) is 0 Å². The van der Waals surface area contributed by atoms with Crippen LogP contribution in [0.2, 0.25) is 5.02 Å². The monoisotopic (exact) mass is 371 g/mol. The second-order valence-electron chi connectivity index (χ2n) is 5.68. The van der Waals surface area contributed by atoms with E-state index in [-0.39, 0.29) is 11.4 Å². The third-order valence-electron chi connectivity index (χ3n) is 3.94. The fourth-order valence-corrected chi connectivity index (χ4v) is 3.89. The van der Waals surface area contributed by atoms with E-state index in [0.717, 1.165) is 10.8 Å². The van der Waals surface area contributed by atoms with E-state index in [1.54, 1.807) is 47.1 Å². The van der Waals surface area contributed by atoms with Crippen LogP contribution in [0.5, 0.6) is 0 Å². The Balaban J connectivity index is 1.59. The van der Waals surface area contributed by atoms with Crippen LogP contribution in [0.3, 0.4) is 0 Å². The van der Waals surface area contributed by atoms with Gasteiger partial charge in [0.25, 0.3) is 0 Å². The lowest BCUT2D eigenvalue weighted by Crippen LogP contribution is -2.23. The van der Waals surface area contributed by atoms with E-state index in [2.05, 4.69) is 9.71 Å². The lowest BCUT2D eigenvalue weighted by molar-refractivity contribution is 0.581. The van der Waals surface area contributed by atoms with Gasteiger partial charge in [0.1, 0.15) is 5.65 Å². The molecule has 1 N–H and O–H groups in total. The van der Waals surface area contributed by atoms with E-state index in [1.165, 1.54) is 0 Å². The van der Waals surface area contributed by atoms with Gasteiger partial charge < -0.3 is 4.40 Å². The molecule has 0 saturated heterocycles. The van der Waals surface area contributed by atoms with E-state index in [1.807, 2.05) is 24.3 Å². The van der Waals surface area contributed by atoms with Gasteiger partial charge in [-0.25, -0.2) is 18.1 Å². The van der Waals surface area contributed by atoms with Gasteiger partial charge in [0.05, 0.1) is 22.2 Å². The molecule has 0 saturated carbocycles. The van der Waals surface area contributed by atoms with Crippen molar-refractivity contribution in [2.45, 2.75) is 11.4 Å². The predicted molar refractivity (Wildman–Crippen MR) is 98.2 cm³/mol. The van der Waals surface area contributed by atoms with Crippen LogP contribution in [0.4, 0.5) is 0 Å². The zero-order valence-electron chi connectivity index (χ0n) is 13.1. The first-order valence-corrected chi connectivity index (χ1v) is 9.49. The number of aromatic nitrogens is 2. The lowest BCUT2D eigenvalue weighted by Gasteiger charge is -2.06. The van der Waals surface area contributed by atoms with Gasteiger partial charge in [-0.1, -0.05) is 41.9 Å². The Morgan fingerprint density at radius 3 is 2.64 bits per heavy atom. The third-order valence-corrected chi connectivity index (χ3v) is 5.56. The molecule has 0 amide bonds.